The lowest BCUT2D eigenvalue weighted by molar-refractivity contribution is -0.141. The molecule has 2 N–H and O–H groups in total. The van der Waals surface area contributed by atoms with Gasteiger partial charge in [0, 0.05) is 6.54 Å². The summed E-state index contributed by atoms with van der Waals surface area (Å²) in [6.45, 7) is 2.29. The number of carbonyl (C=O) groups is 1. The number of carboxylic acids is 1. The Labute approximate surface area is 98.9 Å². The van der Waals surface area contributed by atoms with Gasteiger partial charge in [0.1, 0.15) is 11.0 Å². The molecule has 1 aromatic heterocycles. The Morgan fingerprint density at radius 2 is 2.38 bits per heavy atom. The van der Waals surface area contributed by atoms with Crippen molar-refractivity contribution in [2.45, 2.75) is 19.8 Å². The molecule has 0 radical (unpaired) electrons. The monoisotopic (exact) mass is 243 g/mol. The van der Waals surface area contributed by atoms with Crippen molar-refractivity contribution < 1.29 is 9.90 Å². The molecule has 88 valence electrons. The van der Waals surface area contributed by atoms with Crippen molar-refractivity contribution >= 4 is 23.4 Å². The van der Waals surface area contributed by atoms with Gasteiger partial charge in [0.15, 0.2) is 0 Å². The standard InChI is InChI=1S/C10H14ClN3O2/c1-2-3-7(10(15)16)4-13-9-6-12-5-8(11)14-9/h5-7H,2-4H2,1H3,(H,13,14)(H,15,16). The van der Waals surface area contributed by atoms with Crippen molar-refractivity contribution in [3.05, 3.63) is 17.5 Å². The Balaban J connectivity index is 2.51. The normalized spacial score (nSPS) is 12.1. The number of rotatable bonds is 6. The van der Waals surface area contributed by atoms with E-state index in [1.165, 1.54) is 12.4 Å². The predicted molar refractivity (Wildman–Crippen MR) is 61.6 cm³/mol. The van der Waals surface area contributed by atoms with Crippen LogP contribution in [-0.4, -0.2) is 27.6 Å². The molecule has 0 aromatic carbocycles. The second-order valence-electron chi connectivity index (χ2n) is 3.43. The Hall–Kier alpha value is -1.36. The molecule has 5 nitrogen and oxygen atoms in total. The Bertz CT molecular complexity index is 360. The molecule has 0 saturated carbocycles. The van der Waals surface area contributed by atoms with Crippen molar-refractivity contribution in [2.24, 2.45) is 5.92 Å². The number of anilines is 1. The number of hydrogen-bond acceptors (Lipinski definition) is 4. The van der Waals surface area contributed by atoms with Crippen molar-refractivity contribution in [1.29, 1.82) is 0 Å². The fraction of sp³-hybridized carbons (Fsp3) is 0.500. The van der Waals surface area contributed by atoms with E-state index in [1.54, 1.807) is 0 Å². The van der Waals surface area contributed by atoms with Crippen molar-refractivity contribution in [1.82, 2.24) is 9.97 Å². The fourth-order valence-electron chi connectivity index (χ4n) is 1.32. The van der Waals surface area contributed by atoms with Crippen LogP contribution in [0.2, 0.25) is 5.15 Å². The molecular weight excluding hydrogens is 230 g/mol. The summed E-state index contributed by atoms with van der Waals surface area (Å²) >= 11 is 5.65. The van der Waals surface area contributed by atoms with Crippen LogP contribution in [-0.2, 0) is 4.79 Å². The first-order chi connectivity index (χ1) is 7.63. The molecule has 0 saturated heterocycles. The average molecular weight is 244 g/mol. The van der Waals surface area contributed by atoms with E-state index in [-0.39, 0.29) is 5.15 Å². The Morgan fingerprint density at radius 1 is 1.62 bits per heavy atom. The molecule has 0 aliphatic rings. The maximum absolute atomic E-state index is 10.9. The Kier molecular flexibility index (Phi) is 4.98. The number of hydrogen-bond donors (Lipinski definition) is 2. The van der Waals surface area contributed by atoms with Gasteiger partial charge in [0.2, 0.25) is 0 Å². The second kappa shape index (κ2) is 6.27. The highest BCUT2D eigenvalue weighted by molar-refractivity contribution is 6.29. The van der Waals surface area contributed by atoms with Crippen LogP contribution in [0.5, 0.6) is 0 Å². The summed E-state index contributed by atoms with van der Waals surface area (Å²) < 4.78 is 0. The minimum atomic E-state index is -0.802. The molecule has 1 aromatic rings. The maximum Gasteiger partial charge on any atom is 0.308 e. The van der Waals surface area contributed by atoms with Crippen LogP contribution in [0.4, 0.5) is 5.82 Å². The number of aromatic nitrogens is 2. The largest absolute Gasteiger partial charge is 0.481 e. The van der Waals surface area contributed by atoms with Gasteiger partial charge in [-0.25, -0.2) is 4.98 Å². The van der Waals surface area contributed by atoms with Crippen molar-refractivity contribution in [2.75, 3.05) is 11.9 Å². The summed E-state index contributed by atoms with van der Waals surface area (Å²) in [7, 11) is 0. The lowest BCUT2D eigenvalue weighted by atomic mass is 10.0. The molecule has 16 heavy (non-hydrogen) atoms. The molecule has 0 amide bonds. The van der Waals surface area contributed by atoms with Gasteiger partial charge in [-0.15, -0.1) is 0 Å². The highest BCUT2D eigenvalue weighted by Gasteiger charge is 2.15. The van der Waals surface area contributed by atoms with Crippen molar-refractivity contribution in [3.8, 4) is 0 Å². The molecule has 0 fully saturated rings. The van der Waals surface area contributed by atoms with Gasteiger partial charge < -0.3 is 10.4 Å². The molecule has 0 aliphatic carbocycles. The molecule has 0 spiro atoms. The highest BCUT2D eigenvalue weighted by Crippen LogP contribution is 2.10. The van der Waals surface area contributed by atoms with Gasteiger partial charge in [0.25, 0.3) is 0 Å². The first-order valence-corrected chi connectivity index (χ1v) is 5.45. The molecule has 1 unspecified atom stereocenters. The quantitative estimate of drug-likeness (QED) is 0.800. The van der Waals surface area contributed by atoms with Crippen LogP contribution in [0.3, 0.4) is 0 Å². The predicted octanol–water partition coefficient (Wildman–Crippen LogP) is 2.04. The van der Waals surface area contributed by atoms with Crippen LogP contribution < -0.4 is 5.32 Å². The van der Waals surface area contributed by atoms with E-state index in [1.807, 2.05) is 6.92 Å². The van der Waals surface area contributed by atoms with Gasteiger partial charge in [0.05, 0.1) is 18.3 Å². The van der Waals surface area contributed by atoms with Crippen LogP contribution >= 0.6 is 11.6 Å². The third-order valence-electron chi connectivity index (χ3n) is 2.12. The molecule has 1 rings (SSSR count). The average Bonchev–Trinajstić information content (AvgIpc) is 2.24. The van der Waals surface area contributed by atoms with Gasteiger partial charge >= 0.3 is 5.97 Å². The van der Waals surface area contributed by atoms with Crippen LogP contribution in [0.15, 0.2) is 12.4 Å². The molecule has 0 aliphatic heterocycles. The third-order valence-corrected chi connectivity index (χ3v) is 2.30. The summed E-state index contributed by atoms with van der Waals surface area (Å²) in [5, 5.41) is 12.1. The van der Waals surface area contributed by atoms with E-state index in [9.17, 15) is 4.79 Å². The number of aliphatic carboxylic acids is 1. The zero-order chi connectivity index (χ0) is 12.0. The fourth-order valence-corrected chi connectivity index (χ4v) is 1.46. The molecule has 1 atom stereocenters. The number of halogens is 1. The molecule has 1 heterocycles. The summed E-state index contributed by atoms with van der Waals surface area (Å²) in [6.07, 6.45) is 4.40. The topological polar surface area (TPSA) is 75.1 Å². The van der Waals surface area contributed by atoms with Crippen molar-refractivity contribution in [3.63, 3.8) is 0 Å². The van der Waals surface area contributed by atoms with E-state index < -0.39 is 11.9 Å². The summed E-state index contributed by atoms with van der Waals surface area (Å²) in [5.41, 5.74) is 0. The minimum Gasteiger partial charge on any atom is -0.481 e. The second-order valence-corrected chi connectivity index (χ2v) is 3.82. The third kappa shape index (κ3) is 4.02. The summed E-state index contributed by atoms with van der Waals surface area (Å²) in [4.78, 5) is 18.7. The molecular formula is C10H14ClN3O2. The van der Waals surface area contributed by atoms with E-state index in [0.29, 0.717) is 18.8 Å². The molecule has 6 heteroatoms. The van der Waals surface area contributed by atoms with Gasteiger partial charge in [-0.3, -0.25) is 9.78 Å². The van der Waals surface area contributed by atoms with Crippen LogP contribution in [0.25, 0.3) is 0 Å². The van der Waals surface area contributed by atoms with Gasteiger partial charge in [-0.05, 0) is 6.42 Å². The van der Waals surface area contributed by atoms with Crippen LogP contribution in [0.1, 0.15) is 19.8 Å². The Morgan fingerprint density at radius 3 is 2.94 bits per heavy atom. The molecule has 0 bridgehead atoms. The maximum atomic E-state index is 10.9. The van der Waals surface area contributed by atoms with Crippen LogP contribution in [0, 0.1) is 5.92 Å². The van der Waals surface area contributed by atoms with E-state index in [4.69, 9.17) is 16.7 Å². The first kappa shape index (κ1) is 12.7. The number of nitrogens with one attached hydrogen (secondary N) is 1. The lowest BCUT2D eigenvalue weighted by Crippen LogP contribution is -2.23. The zero-order valence-corrected chi connectivity index (χ0v) is 9.74. The van der Waals surface area contributed by atoms with E-state index in [0.717, 1.165) is 6.42 Å². The summed E-state index contributed by atoms with van der Waals surface area (Å²) in [5.74, 6) is -0.718. The van der Waals surface area contributed by atoms with Gasteiger partial charge in [-0.2, -0.15) is 0 Å². The number of carboxylic acid groups (broad SMARTS) is 1. The van der Waals surface area contributed by atoms with E-state index in [2.05, 4.69) is 15.3 Å². The number of nitrogens with zero attached hydrogens (tertiary/aromatic N) is 2. The lowest BCUT2D eigenvalue weighted by Gasteiger charge is -2.12. The van der Waals surface area contributed by atoms with E-state index >= 15 is 0 Å². The minimum absolute atomic E-state index is 0.285. The smallest absolute Gasteiger partial charge is 0.308 e. The first-order valence-electron chi connectivity index (χ1n) is 5.07. The zero-order valence-electron chi connectivity index (χ0n) is 8.98. The highest BCUT2D eigenvalue weighted by atomic mass is 35.5. The summed E-state index contributed by atoms with van der Waals surface area (Å²) in [6, 6.07) is 0. The SMILES string of the molecule is CCCC(CNc1cncc(Cl)n1)C(=O)O. The van der Waals surface area contributed by atoms with Gasteiger partial charge in [-0.1, -0.05) is 24.9 Å².